The normalized spacial score (nSPS) is 10.2. The molecule has 3 rings (SSSR count). The summed E-state index contributed by atoms with van der Waals surface area (Å²) < 4.78 is 1.97. The van der Waals surface area contributed by atoms with Crippen LogP contribution in [0, 0.1) is 0 Å². The average molecular weight is 354 g/mol. The fourth-order valence-corrected chi connectivity index (χ4v) is 2.53. The summed E-state index contributed by atoms with van der Waals surface area (Å²) >= 11 is 11.2. The van der Waals surface area contributed by atoms with Crippen LogP contribution in [-0.2, 0) is 25.6 Å². The Morgan fingerprint density at radius 2 is 1.64 bits per heavy atom. The quantitative estimate of drug-likeness (QED) is 0.512. The first kappa shape index (κ1) is 18.1. The molecule has 0 saturated carbocycles. The topological polar surface area (TPSA) is 30.7 Å². The van der Waals surface area contributed by atoms with Crippen LogP contribution in [0.3, 0.4) is 0 Å². The van der Waals surface area contributed by atoms with Gasteiger partial charge >= 0.3 is 51.4 Å². The van der Waals surface area contributed by atoms with Gasteiger partial charge in [-0.15, -0.1) is 5.10 Å². The Labute approximate surface area is 182 Å². The summed E-state index contributed by atoms with van der Waals surface area (Å²) in [6.07, 6.45) is 0.860. The molecule has 0 aliphatic rings. The van der Waals surface area contributed by atoms with E-state index in [1.807, 2.05) is 59.2 Å². The van der Waals surface area contributed by atoms with Gasteiger partial charge in [0, 0.05) is 22.3 Å². The van der Waals surface area contributed by atoms with Crippen molar-refractivity contribution in [1.29, 1.82) is 0 Å². The van der Waals surface area contributed by atoms with Crippen LogP contribution < -0.4 is 51.4 Å². The van der Waals surface area contributed by atoms with Gasteiger partial charge in [0.05, 0.1) is 0 Å². The van der Waals surface area contributed by atoms with E-state index in [9.17, 15) is 0 Å². The molecule has 0 fully saturated rings. The molecular formula is C16H13ClKN3S. The van der Waals surface area contributed by atoms with Crippen molar-refractivity contribution >= 4 is 24.2 Å². The Balaban J connectivity index is 0.00000176. The number of hydrogen-bond acceptors (Lipinski definition) is 3. The van der Waals surface area contributed by atoms with Crippen molar-refractivity contribution in [3.05, 3.63) is 65.2 Å². The summed E-state index contributed by atoms with van der Waals surface area (Å²) in [5.41, 5.74) is 2.23. The molecular weight excluding hydrogens is 341 g/mol. The van der Waals surface area contributed by atoms with Crippen LogP contribution in [0.4, 0.5) is 0 Å². The number of hydrogen-bond donors (Lipinski definition) is 0. The Hall–Kier alpha value is -0.274. The largest absolute Gasteiger partial charge is 1.00 e. The van der Waals surface area contributed by atoms with E-state index in [0.717, 1.165) is 29.4 Å². The fourth-order valence-electron chi connectivity index (χ4n) is 2.18. The van der Waals surface area contributed by atoms with Crippen molar-refractivity contribution in [2.24, 2.45) is 0 Å². The number of nitrogens with zero attached hydrogens (tertiary/aromatic N) is 3. The Morgan fingerprint density at radius 3 is 2.32 bits per heavy atom. The van der Waals surface area contributed by atoms with Crippen molar-refractivity contribution in [3.63, 3.8) is 0 Å². The maximum atomic E-state index is 5.90. The van der Waals surface area contributed by atoms with Crippen molar-refractivity contribution in [3.8, 4) is 11.4 Å². The van der Waals surface area contributed by atoms with Crippen molar-refractivity contribution in [2.75, 3.05) is 0 Å². The molecule has 6 heteroatoms. The van der Waals surface area contributed by atoms with E-state index < -0.39 is 0 Å². The molecule has 2 aromatic carbocycles. The third kappa shape index (κ3) is 4.38. The van der Waals surface area contributed by atoms with E-state index in [1.165, 1.54) is 5.56 Å². The minimum Gasteiger partial charge on any atom is -0.740 e. The number of aromatic nitrogens is 3. The maximum Gasteiger partial charge on any atom is 1.00 e. The first-order valence-electron chi connectivity index (χ1n) is 6.64. The van der Waals surface area contributed by atoms with E-state index in [-0.39, 0.29) is 51.4 Å². The molecule has 3 aromatic rings. The van der Waals surface area contributed by atoms with Gasteiger partial charge in [-0.1, -0.05) is 54.1 Å². The molecule has 1 aromatic heterocycles. The average Bonchev–Trinajstić information content (AvgIpc) is 2.89. The van der Waals surface area contributed by atoms with Crippen molar-refractivity contribution in [1.82, 2.24) is 14.8 Å². The van der Waals surface area contributed by atoms with Gasteiger partial charge in [-0.2, -0.15) is 5.10 Å². The zero-order valence-corrected chi connectivity index (χ0v) is 16.9. The fraction of sp³-hybridized carbons (Fsp3) is 0.125. The summed E-state index contributed by atoms with van der Waals surface area (Å²) in [5.74, 6) is 0.814. The first-order valence-corrected chi connectivity index (χ1v) is 7.43. The molecule has 0 bridgehead atoms. The Morgan fingerprint density at radius 1 is 0.955 bits per heavy atom. The van der Waals surface area contributed by atoms with Crippen molar-refractivity contribution < 1.29 is 51.4 Å². The minimum atomic E-state index is 0. The molecule has 0 amide bonds. The monoisotopic (exact) mass is 353 g/mol. The molecule has 0 aliphatic heterocycles. The van der Waals surface area contributed by atoms with Gasteiger partial charge < -0.3 is 17.2 Å². The summed E-state index contributed by atoms with van der Waals surface area (Å²) in [7, 11) is 0. The molecule has 0 atom stereocenters. The molecule has 0 spiro atoms. The second-order valence-electron chi connectivity index (χ2n) is 4.70. The smallest absolute Gasteiger partial charge is 0.740 e. The van der Waals surface area contributed by atoms with Gasteiger partial charge in [0.25, 0.3) is 0 Å². The standard InChI is InChI=1S/C16H14ClN3S.K/c17-14-8-6-12(7-9-14)10-11-20-15(18-19-16(20)21)13-4-2-1-3-5-13;/h1-9H,10-11H2,(H,19,21);/q;+1/p-1. The van der Waals surface area contributed by atoms with Crippen LogP contribution in [0.15, 0.2) is 59.8 Å². The molecule has 0 N–H and O–H groups in total. The summed E-state index contributed by atoms with van der Waals surface area (Å²) in [4.78, 5) is 0. The third-order valence-corrected chi connectivity index (χ3v) is 3.84. The van der Waals surface area contributed by atoms with Gasteiger partial charge in [-0.3, -0.25) is 0 Å². The zero-order chi connectivity index (χ0) is 14.7. The van der Waals surface area contributed by atoms with Crippen LogP contribution >= 0.6 is 11.6 Å². The number of halogens is 1. The molecule has 0 aliphatic carbocycles. The van der Waals surface area contributed by atoms with E-state index in [0.29, 0.717) is 5.16 Å². The number of aryl methyl sites for hydroxylation is 1. The number of benzene rings is 2. The van der Waals surface area contributed by atoms with Gasteiger partial charge in [-0.05, 0) is 24.1 Å². The zero-order valence-electron chi connectivity index (χ0n) is 12.2. The molecule has 22 heavy (non-hydrogen) atoms. The molecule has 1 heterocycles. The molecule has 3 nitrogen and oxygen atoms in total. The Kier molecular flexibility index (Phi) is 7.02. The van der Waals surface area contributed by atoms with Crippen LogP contribution in [-0.4, -0.2) is 14.8 Å². The first-order chi connectivity index (χ1) is 10.2. The van der Waals surface area contributed by atoms with Crippen LogP contribution in [0.5, 0.6) is 0 Å². The predicted octanol–water partition coefficient (Wildman–Crippen LogP) is 0.751. The molecule has 0 radical (unpaired) electrons. The minimum absolute atomic E-state index is 0. The number of rotatable bonds is 4. The second kappa shape index (κ2) is 8.54. The van der Waals surface area contributed by atoms with Crippen LogP contribution in [0.2, 0.25) is 5.02 Å². The van der Waals surface area contributed by atoms with Crippen LogP contribution in [0.1, 0.15) is 5.56 Å². The van der Waals surface area contributed by atoms with Gasteiger partial charge in [-0.25, -0.2) is 0 Å². The van der Waals surface area contributed by atoms with E-state index in [2.05, 4.69) is 10.2 Å². The summed E-state index contributed by atoms with van der Waals surface area (Å²) in [5, 5.41) is 9.49. The van der Waals surface area contributed by atoms with Crippen molar-refractivity contribution in [2.45, 2.75) is 18.1 Å². The summed E-state index contributed by atoms with van der Waals surface area (Å²) in [6, 6.07) is 17.8. The predicted molar refractivity (Wildman–Crippen MR) is 86.2 cm³/mol. The Bertz CT molecular complexity index is 729. The SMILES string of the molecule is [K+].[S-]c1nnc(-c2ccccc2)n1CCc1ccc(Cl)cc1. The van der Waals surface area contributed by atoms with Gasteiger partial charge in [0.15, 0.2) is 5.82 Å². The molecule has 106 valence electrons. The van der Waals surface area contributed by atoms with E-state index in [4.69, 9.17) is 24.2 Å². The van der Waals surface area contributed by atoms with E-state index >= 15 is 0 Å². The van der Waals surface area contributed by atoms with Gasteiger partial charge in [0.2, 0.25) is 0 Å². The maximum absolute atomic E-state index is 5.90. The van der Waals surface area contributed by atoms with E-state index in [1.54, 1.807) is 0 Å². The third-order valence-electron chi connectivity index (χ3n) is 3.29. The van der Waals surface area contributed by atoms with Gasteiger partial charge in [0.1, 0.15) is 0 Å². The summed E-state index contributed by atoms with van der Waals surface area (Å²) in [6.45, 7) is 0.748. The molecule has 0 unspecified atom stereocenters. The van der Waals surface area contributed by atoms with Crippen LogP contribution in [0.25, 0.3) is 11.4 Å². The second-order valence-corrected chi connectivity index (χ2v) is 5.50. The molecule has 0 saturated heterocycles.